The molecule has 3 aromatic rings. The Labute approximate surface area is 169 Å². The smallest absolute Gasteiger partial charge is 0.156 e. The first-order valence-electron chi connectivity index (χ1n) is 8.83. The van der Waals surface area contributed by atoms with Gasteiger partial charge in [0.15, 0.2) is 5.75 Å². The number of anilines is 1. The second-order valence-electron chi connectivity index (χ2n) is 6.03. The highest BCUT2D eigenvalue weighted by molar-refractivity contribution is 6.37. The van der Waals surface area contributed by atoms with Crippen LogP contribution in [0.4, 0.5) is 5.69 Å². The van der Waals surface area contributed by atoms with Crippen molar-refractivity contribution in [2.45, 2.75) is 19.9 Å². The van der Waals surface area contributed by atoms with Gasteiger partial charge in [-0.25, -0.2) is 0 Å². The van der Waals surface area contributed by atoms with Crippen molar-refractivity contribution in [2.24, 2.45) is 0 Å². The summed E-state index contributed by atoms with van der Waals surface area (Å²) in [6, 6.07) is 21.2. The molecule has 0 atom stereocenters. The van der Waals surface area contributed by atoms with Crippen LogP contribution in [0.25, 0.3) is 0 Å². The molecule has 0 radical (unpaired) electrons. The molecule has 0 spiro atoms. The van der Waals surface area contributed by atoms with Crippen molar-refractivity contribution >= 4 is 28.9 Å². The minimum absolute atomic E-state index is 0.527. The predicted molar refractivity (Wildman–Crippen MR) is 113 cm³/mol. The van der Waals surface area contributed by atoms with Crippen LogP contribution in [-0.2, 0) is 6.54 Å². The van der Waals surface area contributed by atoms with Crippen LogP contribution in [0.3, 0.4) is 0 Å². The fourth-order valence-corrected chi connectivity index (χ4v) is 3.17. The first-order valence-corrected chi connectivity index (χ1v) is 9.59. The van der Waals surface area contributed by atoms with Gasteiger partial charge in [0.2, 0.25) is 0 Å². The number of benzene rings is 3. The van der Waals surface area contributed by atoms with Crippen LogP contribution in [0.15, 0.2) is 66.7 Å². The number of para-hydroxylation sites is 1. The lowest BCUT2D eigenvalue weighted by Crippen LogP contribution is -2.01. The number of hydrogen-bond donors (Lipinski definition) is 1. The fraction of sp³-hybridized carbons (Fsp3) is 0.182. The van der Waals surface area contributed by atoms with E-state index >= 15 is 0 Å². The zero-order chi connectivity index (χ0) is 19.1. The first-order chi connectivity index (χ1) is 13.2. The molecule has 27 heavy (non-hydrogen) atoms. The van der Waals surface area contributed by atoms with Crippen molar-refractivity contribution in [1.29, 1.82) is 0 Å². The van der Waals surface area contributed by atoms with E-state index in [1.807, 2.05) is 73.7 Å². The second-order valence-corrected chi connectivity index (χ2v) is 6.84. The van der Waals surface area contributed by atoms with Crippen LogP contribution >= 0.6 is 23.2 Å². The van der Waals surface area contributed by atoms with Crippen LogP contribution in [0.5, 0.6) is 17.2 Å². The van der Waals surface area contributed by atoms with E-state index in [-0.39, 0.29) is 0 Å². The third-order valence-electron chi connectivity index (χ3n) is 3.84. The molecule has 3 aromatic carbocycles. The number of hydrogen-bond acceptors (Lipinski definition) is 3. The number of halogens is 2. The maximum Gasteiger partial charge on any atom is 0.156 e. The molecule has 3 nitrogen and oxygen atoms in total. The first kappa shape index (κ1) is 19.4. The van der Waals surface area contributed by atoms with Gasteiger partial charge in [0.25, 0.3) is 0 Å². The van der Waals surface area contributed by atoms with Gasteiger partial charge in [-0.2, -0.15) is 0 Å². The molecule has 0 aliphatic rings. The Morgan fingerprint density at radius 2 is 1.48 bits per heavy atom. The number of rotatable bonds is 8. The Hall–Kier alpha value is -2.36. The van der Waals surface area contributed by atoms with Crippen molar-refractivity contribution in [3.05, 3.63) is 82.3 Å². The van der Waals surface area contributed by atoms with Gasteiger partial charge in [-0.1, -0.05) is 48.3 Å². The lowest BCUT2D eigenvalue weighted by molar-refractivity contribution is 0.318. The lowest BCUT2D eigenvalue weighted by atomic mass is 10.2. The van der Waals surface area contributed by atoms with E-state index in [0.717, 1.165) is 29.2 Å². The maximum absolute atomic E-state index is 6.30. The van der Waals surface area contributed by atoms with E-state index < -0.39 is 0 Å². The second kappa shape index (κ2) is 9.54. The van der Waals surface area contributed by atoms with Crippen LogP contribution in [-0.4, -0.2) is 6.61 Å². The van der Waals surface area contributed by atoms with Crippen molar-refractivity contribution in [3.63, 3.8) is 0 Å². The highest BCUT2D eigenvalue weighted by Gasteiger charge is 2.09. The van der Waals surface area contributed by atoms with E-state index in [4.69, 9.17) is 32.7 Å². The summed E-state index contributed by atoms with van der Waals surface area (Å²) < 4.78 is 11.4. The summed E-state index contributed by atoms with van der Waals surface area (Å²) >= 11 is 12.6. The summed E-state index contributed by atoms with van der Waals surface area (Å²) in [6.45, 7) is 3.23. The van der Waals surface area contributed by atoms with Gasteiger partial charge in [-0.05, 0) is 60.5 Å². The van der Waals surface area contributed by atoms with Crippen LogP contribution in [0, 0.1) is 0 Å². The van der Waals surface area contributed by atoms with Crippen molar-refractivity contribution in [2.75, 3.05) is 11.9 Å². The summed E-state index contributed by atoms with van der Waals surface area (Å²) in [5.74, 6) is 2.15. The summed E-state index contributed by atoms with van der Waals surface area (Å²) in [7, 11) is 0. The average Bonchev–Trinajstić information content (AvgIpc) is 2.68. The van der Waals surface area contributed by atoms with E-state index in [1.54, 1.807) is 0 Å². The zero-order valence-corrected chi connectivity index (χ0v) is 16.6. The lowest BCUT2D eigenvalue weighted by Gasteiger charge is -2.12. The predicted octanol–water partition coefficient (Wildman–Crippen LogP) is 7.19. The largest absolute Gasteiger partial charge is 0.490 e. The van der Waals surface area contributed by atoms with Gasteiger partial charge in [-0.15, -0.1) is 0 Å². The van der Waals surface area contributed by atoms with Gasteiger partial charge in [0.1, 0.15) is 11.5 Å². The highest BCUT2D eigenvalue weighted by Crippen LogP contribution is 2.34. The number of ether oxygens (including phenoxy) is 2. The highest BCUT2D eigenvalue weighted by atomic mass is 35.5. The molecule has 0 fully saturated rings. The molecule has 0 aliphatic carbocycles. The topological polar surface area (TPSA) is 30.5 Å². The molecule has 0 saturated carbocycles. The molecule has 0 saturated heterocycles. The summed E-state index contributed by atoms with van der Waals surface area (Å²) in [5.41, 5.74) is 1.97. The molecular formula is C22H21Cl2NO2. The minimum atomic E-state index is 0.527. The SMILES string of the molecule is CCCOc1c(Cl)cc(CNc2ccc(Oc3ccccc3)cc2)cc1Cl. The van der Waals surface area contributed by atoms with Gasteiger partial charge >= 0.3 is 0 Å². The van der Waals surface area contributed by atoms with Gasteiger partial charge in [0.05, 0.1) is 16.7 Å². The molecule has 140 valence electrons. The van der Waals surface area contributed by atoms with E-state index in [9.17, 15) is 0 Å². The van der Waals surface area contributed by atoms with E-state index in [1.165, 1.54) is 0 Å². The Morgan fingerprint density at radius 3 is 2.11 bits per heavy atom. The van der Waals surface area contributed by atoms with Crippen molar-refractivity contribution in [1.82, 2.24) is 0 Å². The summed E-state index contributed by atoms with van der Waals surface area (Å²) in [4.78, 5) is 0. The van der Waals surface area contributed by atoms with E-state index in [2.05, 4.69) is 5.32 Å². The quantitative estimate of drug-likeness (QED) is 0.433. The molecule has 0 bridgehead atoms. The Morgan fingerprint density at radius 1 is 0.852 bits per heavy atom. The minimum Gasteiger partial charge on any atom is -0.490 e. The molecular weight excluding hydrogens is 381 g/mol. The summed E-state index contributed by atoms with van der Waals surface area (Å²) in [5, 5.41) is 4.41. The normalized spacial score (nSPS) is 10.5. The molecule has 0 heterocycles. The zero-order valence-electron chi connectivity index (χ0n) is 15.0. The molecule has 0 unspecified atom stereocenters. The van der Waals surface area contributed by atoms with Crippen LogP contribution in [0.2, 0.25) is 10.0 Å². The molecule has 0 aromatic heterocycles. The molecule has 0 aliphatic heterocycles. The fourth-order valence-electron chi connectivity index (χ4n) is 2.53. The van der Waals surface area contributed by atoms with Gasteiger partial charge in [-0.3, -0.25) is 0 Å². The number of nitrogens with one attached hydrogen (secondary N) is 1. The Balaban J connectivity index is 1.60. The summed E-state index contributed by atoms with van der Waals surface area (Å²) in [6.07, 6.45) is 0.903. The maximum atomic E-state index is 6.30. The molecule has 3 rings (SSSR count). The third kappa shape index (κ3) is 5.56. The van der Waals surface area contributed by atoms with Gasteiger partial charge < -0.3 is 14.8 Å². The average molecular weight is 402 g/mol. The monoisotopic (exact) mass is 401 g/mol. The Bertz CT molecular complexity index is 844. The van der Waals surface area contributed by atoms with Gasteiger partial charge in [0, 0.05) is 12.2 Å². The van der Waals surface area contributed by atoms with Crippen molar-refractivity contribution < 1.29 is 9.47 Å². The molecule has 0 amide bonds. The Kier molecular flexibility index (Phi) is 6.86. The standard InChI is InChI=1S/C22H21Cl2NO2/c1-2-12-26-22-20(23)13-16(14-21(22)24)15-25-17-8-10-19(11-9-17)27-18-6-4-3-5-7-18/h3-11,13-14,25H,2,12,15H2,1H3. The van der Waals surface area contributed by atoms with Crippen LogP contribution in [0.1, 0.15) is 18.9 Å². The molecule has 5 heteroatoms. The van der Waals surface area contributed by atoms with Crippen molar-refractivity contribution in [3.8, 4) is 17.2 Å². The van der Waals surface area contributed by atoms with E-state index in [0.29, 0.717) is 28.9 Å². The van der Waals surface area contributed by atoms with Crippen LogP contribution < -0.4 is 14.8 Å². The third-order valence-corrected chi connectivity index (χ3v) is 4.40. The molecule has 1 N–H and O–H groups in total.